The van der Waals surface area contributed by atoms with Crippen molar-refractivity contribution >= 4 is 0 Å². The van der Waals surface area contributed by atoms with Gasteiger partial charge >= 0.3 is 6.30 Å². The fraction of sp³-hybridized carbons (Fsp3) is 1.00. The molecule has 0 aromatic rings. The summed E-state index contributed by atoms with van der Waals surface area (Å²) in [6.45, 7) is 0. The van der Waals surface area contributed by atoms with E-state index in [1.807, 2.05) is 0 Å². The molecule has 0 atom stereocenters. The van der Waals surface area contributed by atoms with Crippen molar-refractivity contribution in [3.8, 4) is 0 Å². The van der Waals surface area contributed by atoms with E-state index >= 15 is 0 Å². The summed E-state index contributed by atoms with van der Waals surface area (Å²) in [5.74, 6) is 0. The number of hydrogen-bond acceptors (Lipinski definition) is 2. The largest absolute Gasteiger partial charge is 0.520 e. The van der Waals surface area contributed by atoms with E-state index in [1.165, 1.54) is 0 Å². The maximum atomic E-state index is 11.2. The number of rotatable bonds is 1. The summed E-state index contributed by atoms with van der Waals surface area (Å²) in [6, 6.07) is -0.147. The molecule has 5 heteroatoms. The zero-order chi connectivity index (χ0) is 6.91. The molecule has 0 heterocycles. The van der Waals surface area contributed by atoms with Gasteiger partial charge in [0.15, 0.2) is 0 Å². The van der Waals surface area contributed by atoms with E-state index < -0.39 is 6.30 Å². The number of nitrogens with zero attached hydrogens (tertiary/aromatic N) is 2. The number of alkyl halides is 3. The van der Waals surface area contributed by atoms with Crippen molar-refractivity contribution in [1.29, 1.82) is 0 Å². The van der Waals surface area contributed by atoms with Crippen molar-refractivity contribution in [1.82, 2.24) is 0 Å². The second-order valence-electron chi connectivity index (χ2n) is 1.91. The van der Waals surface area contributed by atoms with Gasteiger partial charge in [-0.05, 0) is 12.8 Å². The maximum Gasteiger partial charge on any atom is 0.520 e. The highest BCUT2D eigenvalue weighted by Gasteiger charge is 2.29. The van der Waals surface area contributed by atoms with E-state index in [1.54, 1.807) is 0 Å². The van der Waals surface area contributed by atoms with E-state index in [0.717, 1.165) is 12.8 Å². The summed E-state index contributed by atoms with van der Waals surface area (Å²) in [5.41, 5.74) is 0. The van der Waals surface area contributed by atoms with Gasteiger partial charge < -0.3 is 0 Å². The monoisotopic (exact) mass is 138 g/mol. The summed E-state index contributed by atoms with van der Waals surface area (Å²) in [4.78, 5) is 0. The van der Waals surface area contributed by atoms with Crippen LogP contribution in [0.15, 0.2) is 10.2 Å². The van der Waals surface area contributed by atoms with Crippen molar-refractivity contribution in [2.75, 3.05) is 0 Å². The van der Waals surface area contributed by atoms with Gasteiger partial charge in [-0.2, -0.15) is 5.11 Å². The molecule has 2 nitrogen and oxygen atoms in total. The van der Waals surface area contributed by atoms with E-state index in [2.05, 4.69) is 10.2 Å². The van der Waals surface area contributed by atoms with Crippen LogP contribution in [0.5, 0.6) is 0 Å². The van der Waals surface area contributed by atoms with Crippen LogP contribution in [0, 0.1) is 0 Å². The molecule has 0 N–H and O–H groups in total. The lowest BCUT2D eigenvalue weighted by Gasteiger charge is -1.92. The highest BCUT2D eigenvalue weighted by molar-refractivity contribution is 4.79. The molecule has 0 radical (unpaired) electrons. The molecule has 52 valence electrons. The molecular weight excluding hydrogens is 133 g/mol. The molecule has 0 aromatic heterocycles. The fourth-order valence-corrected chi connectivity index (χ4v) is 0.337. The molecule has 1 fully saturated rings. The van der Waals surface area contributed by atoms with Crippen molar-refractivity contribution in [3.63, 3.8) is 0 Å². The fourth-order valence-electron chi connectivity index (χ4n) is 0.337. The Morgan fingerprint density at radius 3 is 2.11 bits per heavy atom. The standard InChI is InChI=1S/C4H5F3N2/c5-4(6,7)9-8-3-1-2-3/h3H,1-2H2. The van der Waals surface area contributed by atoms with Gasteiger partial charge in [0.05, 0.1) is 6.04 Å². The Kier molecular flexibility index (Phi) is 1.42. The molecule has 0 amide bonds. The summed E-state index contributed by atoms with van der Waals surface area (Å²) in [7, 11) is 0. The topological polar surface area (TPSA) is 24.7 Å². The van der Waals surface area contributed by atoms with Crippen LogP contribution in [0.4, 0.5) is 13.2 Å². The minimum Gasteiger partial charge on any atom is -0.182 e. The van der Waals surface area contributed by atoms with Gasteiger partial charge in [-0.15, -0.1) is 13.2 Å². The summed E-state index contributed by atoms with van der Waals surface area (Å²) < 4.78 is 33.6. The normalized spacial score (nSPS) is 21.2. The molecular formula is C4H5F3N2. The molecule has 1 rings (SSSR count). The second-order valence-corrected chi connectivity index (χ2v) is 1.91. The maximum absolute atomic E-state index is 11.2. The molecule has 0 saturated heterocycles. The van der Waals surface area contributed by atoms with Gasteiger partial charge in [0.1, 0.15) is 0 Å². The van der Waals surface area contributed by atoms with Crippen LogP contribution in [0.1, 0.15) is 12.8 Å². The van der Waals surface area contributed by atoms with Gasteiger partial charge in [0, 0.05) is 0 Å². The first-order chi connectivity index (χ1) is 4.08. The molecule has 1 saturated carbocycles. The van der Waals surface area contributed by atoms with Gasteiger partial charge in [-0.1, -0.05) is 5.11 Å². The minimum atomic E-state index is -4.47. The third-order valence-electron chi connectivity index (χ3n) is 0.881. The predicted molar refractivity (Wildman–Crippen MR) is 23.9 cm³/mol. The quantitative estimate of drug-likeness (QED) is 0.391. The summed E-state index contributed by atoms with van der Waals surface area (Å²) in [5, 5.41) is 5.15. The highest BCUT2D eigenvalue weighted by atomic mass is 19.4. The number of halogens is 3. The Balaban J connectivity index is 2.29. The number of azo groups is 1. The Morgan fingerprint density at radius 1 is 1.22 bits per heavy atom. The smallest absolute Gasteiger partial charge is 0.182 e. The second kappa shape index (κ2) is 1.97. The van der Waals surface area contributed by atoms with E-state index in [4.69, 9.17) is 0 Å². The Labute approximate surface area is 49.8 Å². The van der Waals surface area contributed by atoms with E-state index in [-0.39, 0.29) is 6.04 Å². The molecule has 0 bridgehead atoms. The SMILES string of the molecule is FC(F)(F)N=NC1CC1. The molecule has 1 aliphatic rings. The average Bonchev–Trinajstić information content (AvgIpc) is 2.38. The van der Waals surface area contributed by atoms with Crippen LogP contribution in [0.3, 0.4) is 0 Å². The van der Waals surface area contributed by atoms with Crippen molar-refractivity contribution in [2.45, 2.75) is 25.2 Å². The molecule has 1 aliphatic carbocycles. The highest BCUT2D eigenvalue weighted by Crippen LogP contribution is 2.26. The van der Waals surface area contributed by atoms with Gasteiger partial charge in [-0.25, -0.2) is 0 Å². The lowest BCUT2D eigenvalue weighted by atomic mass is 10.8. The Hall–Kier alpha value is -0.610. The van der Waals surface area contributed by atoms with E-state index in [9.17, 15) is 13.2 Å². The van der Waals surface area contributed by atoms with Crippen LogP contribution < -0.4 is 0 Å². The van der Waals surface area contributed by atoms with Gasteiger partial charge in [0.25, 0.3) is 0 Å². The Bertz CT molecular complexity index is 124. The van der Waals surface area contributed by atoms with Crippen LogP contribution >= 0.6 is 0 Å². The lowest BCUT2D eigenvalue weighted by molar-refractivity contribution is -0.126. The minimum absolute atomic E-state index is 0.147. The van der Waals surface area contributed by atoms with Crippen molar-refractivity contribution in [2.24, 2.45) is 10.2 Å². The van der Waals surface area contributed by atoms with Crippen LogP contribution in [0.2, 0.25) is 0 Å². The van der Waals surface area contributed by atoms with Gasteiger partial charge in [0.2, 0.25) is 0 Å². The van der Waals surface area contributed by atoms with Crippen LogP contribution in [0.25, 0.3) is 0 Å². The molecule has 0 aromatic carbocycles. The van der Waals surface area contributed by atoms with Gasteiger partial charge in [-0.3, -0.25) is 0 Å². The summed E-state index contributed by atoms with van der Waals surface area (Å²) in [6.07, 6.45) is -2.97. The lowest BCUT2D eigenvalue weighted by Crippen LogP contribution is -2.00. The van der Waals surface area contributed by atoms with Crippen LogP contribution in [-0.2, 0) is 0 Å². The molecule has 0 unspecified atom stereocenters. The first-order valence-electron chi connectivity index (χ1n) is 2.57. The summed E-state index contributed by atoms with van der Waals surface area (Å²) >= 11 is 0. The molecule has 0 aliphatic heterocycles. The third-order valence-corrected chi connectivity index (χ3v) is 0.881. The zero-order valence-electron chi connectivity index (χ0n) is 4.52. The predicted octanol–water partition coefficient (Wildman–Crippen LogP) is 2.12. The third kappa shape index (κ3) is 3.05. The number of hydrogen-bond donors (Lipinski definition) is 0. The van der Waals surface area contributed by atoms with Crippen LogP contribution in [-0.4, -0.2) is 12.3 Å². The van der Waals surface area contributed by atoms with Crippen molar-refractivity contribution < 1.29 is 13.2 Å². The molecule has 9 heavy (non-hydrogen) atoms. The Morgan fingerprint density at radius 2 is 1.78 bits per heavy atom. The molecule has 0 spiro atoms. The first kappa shape index (κ1) is 6.51. The average molecular weight is 138 g/mol. The zero-order valence-corrected chi connectivity index (χ0v) is 4.52. The van der Waals surface area contributed by atoms with E-state index in [0.29, 0.717) is 0 Å². The first-order valence-corrected chi connectivity index (χ1v) is 2.57. The van der Waals surface area contributed by atoms with Crippen molar-refractivity contribution in [3.05, 3.63) is 0 Å².